The fourth-order valence-electron chi connectivity index (χ4n) is 2.07. The average Bonchev–Trinajstić information content (AvgIpc) is 2.36. The van der Waals surface area contributed by atoms with Gasteiger partial charge < -0.3 is 5.32 Å². The van der Waals surface area contributed by atoms with Crippen molar-refractivity contribution in [3.63, 3.8) is 0 Å². The van der Waals surface area contributed by atoms with Crippen molar-refractivity contribution in [1.29, 1.82) is 0 Å². The second kappa shape index (κ2) is 5.62. The molecule has 0 aliphatic heterocycles. The Morgan fingerprint density at radius 3 is 2.47 bits per heavy atom. The molecule has 1 nitrogen and oxygen atoms in total. The number of benzene rings is 2. The maximum atomic E-state index is 13.5. The quantitative estimate of drug-likeness (QED) is 0.806. The summed E-state index contributed by atoms with van der Waals surface area (Å²) in [5.74, 6) is -0.381. The fraction of sp³-hybridized carbons (Fsp3) is 0.250. The van der Waals surface area contributed by atoms with Crippen LogP contribution in [-0.2, 0) is 0 Å². The van der Waals surface area contributed by atoms with Crippen molar-refractivity contribution in [2.75, 3.05) is 5.32 Å². The van der Waals surface area contributed by atoms with E-state index in [1.165, 1.54) is 17.2 Å². The highest BCUT2D eigenvalue weighted by Gasteiger charge is 2.09. The Bertz CT molecular complexity index is 595. The lowest BCUT2D eigenvalue weighted by Gasteiger charge is -2.18. The molecule has 1 N–H and O–H groups in total. The molecule has 0 amide bonds. The zero-order valence-electron chi connectivity index (χ0n) is 11.3. The minimum atomic E-state index is -0.381. The zero-order chi connectivity index (χ0) is 14.0. The molecule has 0 spiro atoms. The van der Waals surface area contributed by atoms with Crippen LogP contribution in [0.2, 0.25) is 5.02 Å². The predicted octanol–water partition coefficient (Wildman–Crippen LogP) is 5.27. The topological polar surface area (TPSA) is 12.0 Å². The molecule has 0 saturated carbocycles. The molecule has 0 aromatic heterocycles. The molecule has 0 heterocycles. The Labute approximate surface area is 118 Å². The van der Waals surface area contributed by atoms with Gasteiger partial charge in [0, 0.05) is 11.7 Å². The molecule has 0 saturated heterocycles. The molecule has 1 atom stereocenters. The molecule has 2 aromatic rings. The van der Waals surface area contributed by atoms with Crippen LogP contribution in [0, 0.1) is 19.7 Å². The summed E-state index contributed by atoms with van der Waals surface area (Å²) in [6.07, 6.45) is 0. The van der Waals surface area contributed by atoms with Crippen molar-refractivity contribution in [2.45, 2.75) is 26.8 Å². The third-order valence-corrected chi connectivity index (χ3v) is 3.50. The summed E-state index contributed by atoms with van der Waals surface area (Å²) >= 11 is 5.69. The molecule has 19 heavy (non-hydrogen) atoms. The van der Waals surface area contributed by atoms with Gasteiger partial charge in [0.1, 0.15) is 5.82 Å². The van der Waals surface area contributed by atoms with Gasteiger partial charge in [0.2, 0.25) is 0 Å². The number of nitrogens with one attached hydrogen (secondary N) is 1. The number of hydrogen-bond acceptors (Lipinski definition) is 1. The Morgan fingerprint density at radius 1 is 1.11 bits per heavy atom. The molecule has 0 bridgehead atoms. The van der Waals surface area contributed by atoms with Gasteiger partial charge in [-0.05, 0) is 50.1 Å². The van der Waals surface area contributed by atoms with Gasteiger partial charge in [0.05, 0.1) is 5.02 Å². The minimum absolute atomic E-state index is 0.0215. The molecule has 2 rings (SSSR count). The van der Waals surface area contributed by atoms with Gasteiger partial charge in [0.25, 0.3) is 0 Å². The molecule has 2 aromatic carbocycles. The largest absolute Gasteiger partial charge is 0.378 e. The summed E-state index contributed by atoms with van der Waals surface area (Å²) in [4.78, 5) is 0. The van der Waals surface area contributed by atoms with E-state index >= 15 is 0 Å². The van der Waals surface area contributed by atoms with Gasteiger partial charge in [-0.25, -0.2) is 4.39 Å². The van der Waals surface area contributed by atoms with Gasteiger partial charge in [0.15, 0.2) is 0 Å². The number of anilines is 1. The summed E-state index contributed by atoms with van der Waals surface area (Å²) in [5.41, 5.74) is 4.35. The van der Waals surface area contributed by atoms with E-state index in [0.29, 0.717) is 0 Å². The van der Waals surface area contributed by atoms with Crippen molar-refractivity contribution < 1.29 is 4.39 Å². The van der Waals surface area contributed by atoms with Crippen LogP contribution in [0.25, 0.3) is 0 Å². The SMILES string of the molecule is Cc1ccc(NC(C)c2ccc(Cl)c(F)c2)c(C)c1. The molecule has 100 valence electrons. The van der Waals surface area contributed by atoms with Crippen LogP contribution in [0.4, 0.5) is 10.1 Å². The van der Waals surface area contributed by atoms with Crippen LogP contribution in [-0.4, -0.2) is 0 Å². The fourth-order valence-corrected chi connectivity index (χ4v) is 2.19. The first-order valence-electron chi connectivity index (χ1n) is 6.26. The third-order valence-electron chi connectivity index (χ3n) is 3.20. The average molecular weight is 278 g/mol. The van der Waals surface area contributed by atoms with Crippen LogP contribution >= 0.6 is 11.6 Å². The van der Waals surface area contributed by atoms with E-state index in [4.69, 9.17) is 11.6 Å². The molecular weight excluding hydrogens is 261 g/mol. The van der Waals surface area contributed by atoms with Crippen LogP contribution in [0.15, 0.2) is 36.4 Å². The highest BCUT2D eigenvalue weighted by Crippen LogP contribution is 2.25. The highest BCUT2D eigenvalue weighted by atomic mass is 35.5. The standard InChI is InChI=1S/C16H17ClFN/c1-10-4-7-16(11(2)8-10)19-12(3)13-5-6-14(17)15(18)9-13/h4-9,12,19H,1-3H3. The third kappa shape index (κ3) is 3.27. The summed E-state index contributed by atoms with van der Waals surface area (Å²) in [5, 5.41) is 3.55. The zero-order valence-corrected chi connectivity index (χ0v) is 12.1. The molecule has 0 aliphatic carbocycles. The summed E-state index contributed by atoms with van der Waals surface area (Å²) < 4.78 is 13.5. The first kappa shape index (κ1) is 13.9. The second-order valence-electron chi connectivity index (χ2n) is 4.86. The van der Waals surface area contributed by atoms with Gasteiger partial charge in [-0.2, -0.15) is 0 Å². The summed E-state index contributed by atoms with van der Waals surface area (Å²) in [6.45, 7) is 6.13. The first-order chi connectivity index (χ1) is 8.97. The Morgan fingerprint density at radius 2 is 1.84 bits per heavy atom. The van der Waals surface area contributed by atoms with E-state index < -0.39 is 0 Å². The highest BCUT2D eigenvalue weighted by molar-refractivity contribution is 6.30. The Kier molecular flexibility index (Phi) is 4.11. The first-order valence-corrected chi connectivity index (χ1v) is 6.64. The van der Waals surface area contributed by atoms with Crippen LogP contribution in [0.5, 0.6) is 0 Å². The monoisotopic (exact) mass is 277 g/mol. The maximum absolute atomic E-state index is 13.5. The lowest BCUT2D eigenvalue weighted by Crippen LogP contribution is -2.08. The lowest BCUT2D eigenvalue weighted by molar-refractivity contribution is 0.624. The van der Waals surface area contributed by atoms with E-state index in [2.05, 4.69) is 31.3 Å². The number of halogens is 2. The van der Waals surface area contributed by atoms with Crippen molar-refractivity contribution in [2.24, 2.45) is 0 Å². The van der Waals surface area contributed by atoms with Crippen molar-refractivity contribution in [3.8, 4) is 0 Å². The molecule has 0 aliphatic rings. The normalized spacial score (nSPS) is 12.3. The number of aryl methyl sites for hydroxylation is 2. The number of hydrogen-bond donors (Lipinski definition) is 1. The molecule has 1 unspecified atom stereocenters. The lowest BCUT2D eigenvalue weighted by atomic mass is 10.1. The summed E-state index contributed by atoms with van der Waals surface area (Å²) in [7, 11) is 0. The van der Waals surface area contributed by atoms with Gasteiger partial charge in [-0.1, -0.05) is 35.4 Å². The van der Waals surface area contributed by atoms with Crippen molar-refractivity contribution in [3.05, 3.63) is 63.9 Å². The number of rotatable bonds is 3. The second-order valence-corrected chi connectivity index (χ2v) is 5.27. The van der Waals surface area contributed by atoms with E-state index in [9.17, 15) is 4.39 Å². The summed E-state index contributed by atoms with van der Waals surface area (Å²) in [6, 6.07) is 11.2. The van der Waals surface area contributed by atoms with Gasteiger partial charge in [-0.15, -0.1) is 0 Å². The van der Waals surface area contributed by atoms with Gasteiger partial charge >= 0.3 is 0 Å². The van der Waals surface area contributed by atoms with Crippen LogP contribution in [0.3, 0.4) is 0 Å². The van der Waals surface area contributed by atoms with Crippen molar-refractivity contribution >= 4 is 17.3 Å². The molecule has 0 fully saturated rings. The van der Waals surface area contributed by atoms with Crippen LogP contribution < -0.4 is 5.32 Å². The van der Waals surface area contributed by atoms with E-state index in [1.54, 1.807) is 6.07 Å². The van der Waals surface area contributed by atoms with Crippen LogP contribution in [0.1, 0.15) is 29.7 Å². The van der Waals surface area contributed by atoms with E-state index in [1.807, 2.05) is 19.1 Å². The molecular formula is C16H17ClFN. The molecule has 3 heteroatoms. The van der Waals surface area contributed by atoms with Gasteiger partial charge in [-0.3, -0.25) is 0 Å². The molecule has 0 radical (unpaired) electrons. The van der Waals surface area contributed by atoms with Crippen molar-refractivity contribution in [1.82, 2.24) is 0 Å². The minimum Gasteiger partial charge on any atom is -0.378 e. The van der Waals surface area contributed by atoms with E-state index in [0.717, 1.165) is 11.3 Å². The maximum Gasteiger partial charge on any atom is 0.142 e. The predicted molar refractivity (Wildman–Crippen MR) is 79.4 cm³/mol. The van der Waals surface area contributed by atoms with E-state index in [-0.39, 0.29) is 16.9 Å². The Balaban J connectivity index is 2.20. The Hall–Kier alpha value is -1.54. The smallest absolute Gasteiger partial charge is 0.142 e.